The summed E-state index contributed by atoms with van der Waals surface area (Å²) in [7, 11) is 0. The number of hydrogen-bond donors (Lipinski definition) is 3. The van der Waals surface area contributed by atoms with Gasteiger partial charge < -0.3 is 21.1 Å². The summed E-state index contributed by atoms with van der Waals surface area (Å²) in [6.45, 7) is 0.970. The van der Waals surface area contributed by atoms with Gasteiger partial charge in [0.15, 0.2) is 0 Å². The molecular formula is C23H23N5O2. The summed E-state index contributed by atoms with van der Waals surface area (Å²) in [6, 6.07) is 17.3. The molecule has 30 heavy (non-hydrogen) atoms. The minimum Gasteiger partial charge on any atom is -0.494 e. The third-order valence-electron chi connectivity index (χ3n) is 5.01. The highest BCUT2D eigenvalue weighted by Gasteiger charge is 2.31. The van der Waals surface area contributed by atoms with Crippen molar-refractivity contribution in [1.82, 2.24) is 10.6 Å². The van der Waals surface area contributed by atoms with E-state index in [4.69, 9.17) is 15.7 Å². The van der Waals surface area contributed by atoms with E-state index in [1.54, 1.807) is 4.90 Å². The van der Waals surface area contributed by atoms with E-state index < -0.39 is 0 Å². The monoisotopic (exact) mass is 401 g/mol. The van der Waals surface area contributed by atoms with E-state index in [0.717, 1.165) is 33.8 Å². The van der Waals surface area contributed by atoms with Gasteiger partial charge >= 0.3 is 6.03 Å². The topological polar surface area (TPSA) is 103 Å². The van der Waals surface area contributed by atoms with Gasteiger partial charge in [0.25, 0.3) is 0 Å². The lowest BCUT2D eigenvalue weighted by molar-refractivity contribution is 0.244. The zero-order valence-electron chi connectivity index (χ0n) is 16.5. The van der Waals surface area contributed by atoms with Crippen LogP contribution < -0.4 is 26.0 Å². The number of benzene rings is 2. The van der Waals surface area contributed by atoms with Gasteiger partial charge in [0.05, 0.1) is 18.4 Å². The molecule has 0 saturated heterocycles. The van der Waals surface area contributed by atoms with E-state index in [2.05, 4.69) is 16.7 Å². The van der Waals surface area contributed by atoms with Gasteiger partial charge in [-0.2, -0.15) is 5.26 Å². The molecule has 0 fully saturated rings. The van der Waals surface area contributed by atoms with Crippen molar-refractivity contribution in [3.8, 4) is 11.8 Å². The average molecular weight is 401 g/mol. The van der Waals surface area contributed by atoms with Gasteiger partial charge in [-0.15, -0.1) is 0 Å². The van der Waals surface area contributed by atoms with Crippen molar-refractivity contribution in [1.29, 1.82) is 5.26 Å². The molecule has 0 spiro atoms. The summed E-state index contributed by atoms with van der Waals surface area (Å²) < 4.78 is 5.73. The van der Waals surface area contributed by atoms with Gasteiger partial charge in [0.1, 0.15) is 11.9 Å². The molecule has 2 aliphatic heterocycles. The number of anilines is 1. The quantitative estimate of drug-likeness (QED) is 0.618. The molecule has 2 heterocycles. The minimum absolute atomic E-state index is 0.194. The van der Waals surface area contributed by atoms with Crippen LogP contribution in [0.1, 0.15) is 24.0 Å². The normalized spacial score (nSPS) is 17.3. The SMILES string of the molecule is N#CCCCOc1cccc(C2=CC3=CN(c4ccc(CN)cc4)C(=O)NC3N2)c1. The standard InChI is InChI=1S/C23H23N5O2/c24-10-1-2-11-30-20-5-3-4-17(12-20)21-13-18-15-28(23(29)27-22(18)26-21)19-8-6-16(14-25)7-9-19/h3-9,12-13,15,22,26H,1-2,11,14,25H2,(H,27,29). The maximum absolute atomic E-state index is 12.6. The average Bonchev–Trinajstić information content (AvgIpc) is 3.19. The van der Waals surface area contributed by atoms with Gasteiger partial charge in [0, 0.05) is 36.0 Å². The van der Waals surface area contributed by atoms with Gasteiger partial charge in [-0.25, -0.2) is 4.79 Å². The van der Waals surface area contributed by atoms with Crippen LogP contribution in [0.4, 0.5) is 10.5 Å². The Labute approximate surface area is 175 Å². The summed E-state index contributed by atoms with van der Waals surface area (Å²) in [6.07, 6.45) is 4.79. The molecule has 7 nitrogen and oxygen atoms in total. The molecule has 0 radical (unpaired) electrons. The highest BCUT2D eigenvalue weighted by Crippen LogP contribution is 2.29. The van der Waals surface area contributed by atoms with Crippen LogP contribution in [0.3, 0.4) is 0 Å². The Morgan fingerprint density at radius 2 is 2.00 bits per heavy atom. The molecule has 4 N–H and O–H groups in total. The van der Waals surface area contributed by atoms with Crippen LogP contribution in [0.15, 0.2) is 66.4 Å². The molecule has 2 amide bonds. The van der Waals surface area contributed by atoms with Crippen LogP contribution in [0.2, 0.25) is 0 Å². The van der Waals surface area contributed by atoms with Gasteiger partial charge in [-0.05, 0) is 42.3 Å². The third-order valence-corrected chi connectivity index (χ3v) is 5.01. The van der Waals surface area contributed by atoms with Crippen LogP contribution in [0.25, 0.3) is 5.70 Å². The van der Waals surface area contributed by atoms with Crippen molar-refractivity contribution < 1.29 is 9.53 Å². The maximum atomic E-state index is 12.6. The Balaban J connectivity index is 1.52. The Kier molecular flexibility index (Phi) is 5.68. The summed E-state index contributed by atoms with van der Waals surface area (Å²) >= 11 is 0. The van der Waals surface area contributed by atoms with E-state index in [1.165, 1.54) is 0 Å². The zero-order chi connectivity index (χ0) is 20.9. The Morgan fingerprint density at radius 3 is 2.77 bits per heavy atom. The molecule has 1 unspecified atom stereocenters. The fourth-order valence-corrected chi connectivity index (χ4v) is 3.41. The Bertz CT molecular complexity index is 1040. The molecular weight excluding hydrogens is 378 g/mol. The second kappa shape index (κ2) is 8.72. The first-order valence-electron chi connectivity index (χ1n) is 9.87. The smallest absolute Gasteiger partial charge is 0.327 e. The predicted molar refractivity (Wildman–Crippen MR) is 115 cm³/mol. The highest BCUT2D eigenvalue weighted by molar-refractivity contribution is 5.96. The van der Waals surface area contributed by atoms with E-state index in [-0.39, 0.29) is 12.2 Å². The molecule has 2 aromatic rings. The Morgan fingerprint density at radius 1 is 1.17 bits per heavy atom. The molecule has 4 rings (SSSR count). The number of amides is 2. The van der Waals surface area contributed by atoms with E-state index in [9.17, 15) is 4.79 Å². The molecule has 0 bridgehead atoms. The number of carbonyl (C=O) groups is 1. The fourth-order valence-electron chi connectivity index (χ4n) is 3.41. The highest BCUT2D eigenvalue weighted by atomic mass is 16.5. The van der Waals surface area contributed by atoms with Crippen LogP contribution in [0.5, 0.6) is 5.75 Å². The summed E-state index contributed by atoms with van der Waals surface area (Å²) in [5.74, 6) is 0.752. The zero-order valence-corrected chi connectivity index (χ0v) is 16.5. The van der Waals surface area contributed by atoms with Crippen molar-refractivity contribution in [3.63, 3.8) is 0 Å². The fraction of sp³-hybridized carbons (Fsp3) is 0.217. The molecule has 0 saturated carbocycles. The predicted octanol–water partition coefficient (Wildman–Crippen LogP) is 3.21. The van der Waals surface area contributed by atoms with Gasteiger partial charge in [-0.3, -0.25) is 4.90 Å². The lowest BCUT2D eigenvalue weighted by Gasteiger charge is -2.29. The number of nitrogens with zero attached hydrogens (tertiary/aromatic N) is 2. The molecule has 2 aliphatic rings. The maximum Gasteiger partial charge on any atom is 0.327 e. The second-order valence-corrected chi connectivity index (χ2v) is 7.09. The molecule has 7 heteroatoms. The van der Waals surface area contributed by atoms with E-state index >= 15 is 0 Å². The van der Waals surface area contributed by atoms with Crippen LogP contribution in [-0.2, 0) is 6.54 Å². The number of nitriles is 1. The summed E-state index contributed by atoms with van der Waals surface area (Å²) in [5.41, 5.74) is 10.3. The first-order valence-corrected chi connectivity index (χ1v) is 9.87. The number of unbranched alkanes of at least 4 members (excludes halogenated alkanes) is 1. The largest absolute Gasteiger partial charge is 0.494 e. The minimum atomic E-state index is -0.271. The molecule has 2 aromatic carbocycles. The van der Waals surface area contributed by atoms with Gasteiger partial charge in [0.2, 0.25) is 0 Å². The van der Waals surface area contributed by atoms with Crippen molar-refractivity contribution >= 4 is 17.4 Å². The number of nitrogens with one attached hydrogen (secondary N) is 2. The number of urea groups is 1. The van der Waals surface area contributed by atoms with Crippen molar-refractivity contribution in [2.45, 2.75) is 25.6 Å². The van der Waals surface area contributed by atoms with Gasteiger partial charge in [-0.1, -0.05) is 24.3 Å². The lowest BCUT2D eigenvalue weighted by Crippen LogP contribution is -2.51. The molecule has 0 aromatic heterocycles. The molecule has 152 valence electrons. The second-order valence-electron chi connectivity index (χ2n) is 7.09. The van der Waals surface area contributed by atoms with E-state index in [1.807, 2.05) is 60.8 Å². The first-order chi connectivity index (χ1) is 14.7. The molecule has 0 aliphatic carbocycles. The number of fused-ring (bicyclic) bond motifs is 1. The molecule has 1 atom stereocenters. The van der Waals surface area contributed by atoms with Crippen LogP contribution >= 0.6 is 0 Å². The van der Waals surface area contributed by atoms with Crippen LogP contribution in [-0.4, -0.2) is 18.8 Å². The number of carbonyl (C=O) groups excluding carboxylic acids is 1. The lowest BCUT2D eigenvalue weighted by atomic mass is 10.1. The number of hydrogen-bond acceptors (Lipinski definition) is 5. The van der Waals surface area contributed by atoms with Crippen molar-refractivity contribution in [3.05, 3.63) is 77.5 Å². The van der Waals surface area contributed by atoms with E-state index in [0.29, 0.717) is 26.0 Å². The number of rotatable bonds is 7. The number of nitrogens with two attached hydrogens (primary N) is 1. The summed E-state index contributed by atoms with van der Waals surface area (Å²) in [5, 5.41) is 15.0. The third kappa shape index (κ3) is 4.14. The van der Waals surface area contributed by atoms with Crippen molar-refractivity contribution in [2.24, 2.45) is 5.73 Å². The Hall–Kier alpha value is -3.76. The number of ether oxygens (including phenoxy) is 1. The summed E-state index contributed by atoms with van der Waals surface area (Å²) in [4.78, 5) is 14.2. The van der Waals surface area contributed by atoms with Crippen molar-refractivity contribution in [2.75, 3.05) is 11.5 Å². The van der Waals surface area contributed by atoms with Crippen LogP contribution in [0, 0.1) is 11.3 Å². The first kappa shape index (κ1) is 19.6.